The Labute approximate surface area is 134 Å². The lowest BCUT2D eigenvalue weighted by Gasteiger charge is -2.25. The molecule has 2 saturated heterocycles. The summed E-state index contributed by atoms with van der Waals surface area (Å²) < 4.78 is 27.7. The average Bonchev–Trinajstić information content (AvgIpc) is 3.01. The van der Waals surface area contributed by atoms with Crippen molar-refractivity contribution in [3.63, 3.8) is 0 Å². The van der Waals surface area contributed by atoms with E-state index in [1.54, 1.807) is 34.6 Å². The highest BCUT2D eigenvalue weighted by Gasteiger charge is 2.64. The van der Waals surface area contributed by atoms with Gasteiger partial charge in [0.15, 0.2) is 5.79 Å². The molecule has 0 aromatic carbocycles. The van der Waals surface area contributed by atoms with Crippen molar-refractivity contribution in [3.05, 3.63) is 11.1 Å². The predicted molar refractivity (Wildman–Crippen MR) is 77.4 cm³/mol. The van der Waals surface area contributed by atoms with E-state index in [2.05, 4.69) is 0 Å². The summed E-state index contributed by atoms with van der Waals surface area (Å²) in [4.78, 5) is 24.7. The van der Waals surface area contributed by atoms with E-state index in [1.807, 2.05) is 0 Å². The van der Waals surface area contributed by atoms with Crippen molar-refractivity contribution >= 4 is 11.9 Å². The topological polar surface area (TPSA) is 80.3 Å². The van der Waals surface area contributed by atoms with Gasteiger partial charge in [-0.2, -0.15) is 0 Å². The van der Waals surface area contributed by atoms with Gasteiger partial charge in [-0.25, -0.2) is 9.59 Å². The van der Waals surface area contributed by atoms with Crippen LogP contribution < -0.4 is 0 Å². The predicted octanol–water partition coefficient (Wildman–Crippen LogP) is 1.10. The summed E-state index contributed by atoms with van der Waals surface area (Å²) in [6, 6.07) is 0. The molecule has 0 amide bonds. The third-order valence-corrected chi connectivity index (χ3v) is 3.94. The molecule has 3 rings (SSSR count). The van der Waals surface area contributed by atoms with E-state index in [9.17, 15) is 9.59 Å². The molecule has 7 heteroatoms. The summed E-state index contributed by atoms with van der Waals surface area (Å²) in [6.45, 7) is 8.86. The number of hydrogen-bond donors (Lipinski definition) is 0. The van der Waals surface area contributed by atoms with Gasteiger partial charge < -0.3 is 23.7 Å². The fourth-order valence-electron chi connectivity index (χ4n) is 3.26. The lowest BCUT2D eigenvalue weighted by atomic mass is 9.87. The summed E-state index contributed by atoms with van der Waals surface area (Å²) >= 11 is 0. The van der Waals surface area contributed by atoms with Gasteiger partial charge in [-0.05, 0) is 34.6 Å². The van der Waals surface area contributed by atoms with Crippen LogP contribution in [0.3, 0.4) is 0 Å². The second-order valence-corrected chi connectivity index (χ2v) is 7.36. The molecular weight excluding hydrogens is 304 g/mol. The van der Waals surface area contributed by atoms with Gasteiger partial charge in [0.1, 0.15) is 30.0 Å². The minimum atomic E-state index is -0.791. The van der Waals surface area contributed by atoms with E-state index in [-0.39, 0.29) is 11.1 Å². The molecule has 0 radical (unpaired) electrons. The molecule has 0 unspecified atom stereocenters. The molecule has 3 heterocycles. The Kier molecular flexibility index (Phi) is 3.59. The molecule has 0 N–H and O–H groups in total. The van der Waals surface area contributed by atoms with Crippen LogP contribution in [0.2, 0.25) is 0 Å². The normalized spacial score (nSPS) is 34.5. The first kappa shape index (κ1) is 16.4. The minimum Gasteiger partial charge on any atom is -0.466 e. The fourth-order valence-corrected chi connectivity index (χ4v) is 3.26. The molecular formula is C16H22O7. The van der Waals surface area contributed by atoms with Crippen LogP contribution in [0, 0.1) is 0 Å². The lowest BCUT2D eigenvalue weighted by molar-refractivity contribution is -0.178. The van der Waals surface area contributed by atoms with Crippen molar-refractivity contribution in [3.8, 4) is 0 Å². The molecule has 7 nitrogen and oxygen atoms in total. The molecule has 23 heavy (non-hydrogen) atoms. The molecule has 3 aliphatic heterocycles. The Morgan fingerprint density at radius 2 is 1.48 bits per heavy atom. The van der Waals surface area contributed by atoms with E-state index in [0.29, 0.717) is 0 Å². The summed E-state index contributed by atoms with van der Waals surface area (Å²) in [5, 5.41) is 0. The zero-order valence-electron chi connectivity index (χ0n) is 14.2. The lowest BCUT2D eigenvalue weighted by Crippen LogP contribution is -2.41. The maximum atomic E-state index is 12.6. The number of methoxy groups -OCH3 is 1. The molecule has 0 spiro atoms. The van der Waals surface area contributed by atoms with Crippen LogP contribution in [0.4, 0.5) is 0 Å². The zero-order chi connectivity index (χ0) is 17.2. The molecule has 2 bridgehead atoms. The van der Waals surface area contributed by atoms with E-state index >= 15 is 0 Å². The molecule has 4 atom stereocenters. The molecule has 3 aliphatic rings. The number of esters is 2. The first-order chi connectivity index (χ1) is 10.5. The smallest absolute Gasteiger partial charge is 0.337 e. The van der Waals surface area contributed by atoms with Crippen LogP contribution in [-0.4, -0.2) is 54.9 Å². The van der Waals surface area contributed by atoms with Gasteiger partial charge in [0.2, 0.25) is 0 Å². The second-order valence-electron chi connectivity index (χ2n) is 7.36. The molecule has 0 saturated carbocycles. The quantitative estimate of drug-likeness (QED) is 0.703. The van der Waals surface area contributed by atoms with Crippen molar-refractivity contribution in [2.75, 3.05) is 7.11 Å². The van der Waals surface area contributed by atoms with Crippen LogP contribution in [0.5, 0.6) is 0 Å². The summed E-state index contributed by atoms with van der Waals surface area (Å²) in [5.74, 6) is -1.98. The zero-order valence-corrected chi connectivity index (χ0v) is 14.2. The van der Waals surface area contributed by atoms with Gasteiger partial charge in [0, 0.05) is 0 Å². The van der Waals surface area contributed by atoms with E-state index in [1.165, 1.54) is 7.11 Å². The molecule has 0 aromatic heterocycles. The number of rotatable bonds is 2. The minimum absolute atomic E-state index is 0.175. The molecule has 0 aromatic rings. The van der Waals surface area contributed by atoms with Gasteiger partial charge in [-0.15, -0.1) is 0 Å². The van der Waals surface area contributed by atoms with Crippen LogP contribution in [0.1, 0.15) is 34.6 Å². The van der Waals surface area contributed by atoms with Gasteiger partial charge in [-0.1, -0.05) is 0 Å². The van der Waals surface area contributed by atoms with Crippen molar-refractivity contribution < 1.29 is 33.3 Å². The third kappa shape index (κ3) is 2.66. The average molecular weight is 326 g/mol. The number of carbonyl (C=O) groups excluding carboxylic acids is 2. The monoisotopic (exact) mass is 326 g/mol. The van der Waals surface area contributed by atoms with Gasteiger partial charge in [-0.3, -0.25) is 0 Å². The molecule has 2 fully saturated rings. The number of ether oxygens (including phenoxy) is 5. The van der Waals surface area contributed by atoms with Crippen LogP contribution >= 0.6 is 0 Å². The Hall–Kier alpha value is -1.44. The number of hydrogen-bond acceptors (Lipinski definition) is 7. The summed E-state index contributed by atoms with van der Waals surface area (Å²) in [5.41, 5.74) is -0.326. The first-order valence-electron chi connectivity index (χ1n) is 7.61. The fraction of sp³-hybridized carbons (Fsp3) is 0.750. The van der Waals surface area contributed by atoms with Crippen LogP contribution in [0.15, 0.2) is 11.1 Å². The Morgan fingerprint density at radius 1 is 1.00 bits per heavy atom. The van der Waals surface area contributed by atoms with Crippen LogP contribution in [-0.2, 0) is 33.3 Å². The van der Waals surface area contributed by atoms with Gasteiger partial charge >= 0.3 is 11.9 Å². The Bertz CT molecular complexity index is 584. The maximum absolute atomic E-state index is 12.6. The highest BCUT2D eigenvalue weighted by molar-refractivity contribution is 6.03. The number of fused-ring (bicyclic) bond motifs is 5. The van der Waals surface area contributed by atoms with Crippen molar-refractivity contribution in [2.24, 2.45) is 0 Å². The maximum Gasteiger partial charge on any atom is 0.337 e. The van der Waals surface area contributed by atoms with Crippen molar-refractivity contribution in [2.45, 2.75) is 70.4 Å². The molecule has 0 aliphatic carbocycles. The SMILES string of the molecule is COC(=O)C1=C(C(=O)OC(C)(C)C)[C@@H]2O[C@H]1[C@H]1OC(C)(C)O[C@H]12. The first-order valence-corrected chi connectivity index (χ1v) is 7.61. The van der Waals surface area contributed by atoms with E-state index in [4.69, 9.17) is 23.7 Å². The van der Waals surface area contributed by atoms with Crippen molar-refractivity contribution in [1.29, 1.82) is 0 Å². The van der Waals surface area contributed by atoms with Crippen LogP contribution in [0.25, 0.3) is 0 Å². The second kappa shape index (κ2) is 5.03. The highest BCUT2D eigenvalue weighted by atomic mass is 16.8. The summed E-state index contributed by atoms with van der Waals surface area (Å²) in [7, 11) is 1.27. The van der Waals surface area contributed by atoms with Gasteiger partial charge in [0.05, 0.1) is 18.3 Å². The highest BCUT2D eigenvalue weighted by Crippen LogP contribution is 2.49. The molecule has 128 valence electrons. The number of carbonyl (C=O) groups is 2. The Balaban J connectivity index is 1.97. The van der Waals surface area contributed by atoms with E-state index in [0.717, 1.165) is 0 Å². The Morgan fingerprint density at radius 3 is 1.91 bits per heavy atom. The van der Waals surface area contributed by atoms with Gasteiger partial charge in [0.25, 0.3) is 0 Å². The van der Waals surface area contributed by atoms with E-state index < -0.39 is 47.7 Å². The standard InChI is InChI=1S/C16H22O7/c1-15(2,3)23-14(18)8-7(13(17)19-6)9-11-12(10(8)20-9)22-16(4,5)21-11/h9-12H,1-6H3/t9-,10+,11-,12+/m1/s1. The largest absolute Gasteiger partial charge is 0.466 e. The van der Waals surface area contributed by atoms with Crippen molar-refractivity contribution in [1.82, 2.24) is 0 Å². The summed E-state index contributed by atoms with van der Waals surface area (Å²) in [6.07, 6.45) is -2.24. The third-order valence-electron chi connectivity index (χ3n) is 3.94.